The molecule has 40 heavy (non-hydrogen) atoms. The van der Waals surface area contributed by atoms with Crippen molar-refractivity contribution in [2.24, 2.45) is 5.92 Å². The molecule has 2 amide bonds. The number of aromatic nitrogens is 3. The molecule has 210 valence electrons. The highest BCUT2D eigenvalue weighted by Crippen LogP contribution is 2.44. The summed E-state index contributed by atoms with van der Waals surface area (Å²) in [6, 6.07) is 3.78. The minimum Gasteiger partial charge on any atom is -0.355 e. The monoisotopic (exact) mass is 554 g/mol. The predicted molar refractivity (Wildman–Crippen MR) is 136 cm³/mol. The molecule has 2 saturated carbocycles. The van der Waals surface area contributed by atoms with Crippen LogP contribution in [0.5, 0.6) is 0 Å². The number of hydrogen-bond acceptors (Lipinski definition) is 7. The summed E-state index contributed by atoms with van der Waals surface area (Å²) < 4.78 is 46.8. The Morgan fingerprint density at radius 2 is 1.70 bits per heavy atom. The summed E-state index contributed by atoms with van der Waals surface area (Å²) in [7, 11) is 0. The number of carbonyl (C=O) groups is 2. The average Bonchev–Trinajstić information content (AvgIpc) is 3.29. The van der Waals surface area contributed by atoms with Gasteiger partial charge in [-0.25, -0.2) is 23.1 Å². The Morgan fingerprint density at radius 1 is 1.00 bits per heavy atom. The Labute approximate surface area is 228 Å². The van der Waals surface area contributed by atoms with Crippen molar-refractivity contribution in [3.63, 3.8) is 0 Å². The molecule has 3 fully saturated rings. The van der Waals surface area contributed by atoms with Crippen LogP contribution in [0.4, 0.5) is 13.2 Å². The van der Waals surface area contributed by atoms with Crippen LogP contribution in [-0.2, 0) is 10.3 Å². The van der Waals surface area contributed by atoms with Gasteiger partial charge in [-0.15, -0.1) is 0 Å². The molecule has 3 heterocycles. The molecule has 0 spiro atoms. The molecule has 3 aliphatic rings. The van der Waals surface area contributed by atoms with Crippen LogP contribution in [0.3, 0.4) is 0 Å². The van der Waals surface area contributed by atoms with E-state index < -0.39 is 46.4 Å². The standard InChI is InChI=1S/C28H29F3N6O3/c29-16-12-19(30)24(20(31)13-16)23-14-22(36-40-23)26(39)34-21-6-11-37(17-4-1-2-5-17)15-18(21)25(38)35-28(7-8-28)27-32-9-3-10-33-27/h3,9-10,12-14,17-18,21H,1-2,4-8,11,15H2,(H,34,39)(H,35,38)/t18-,21-/m0/s1. The van der Waals surface area contributed by atoms with Crippen molar-refractivity contribution in [1.82, 2.24) is 30.7 Å². The lowest BCUT2D eigenvalue weighted by Gasteiger charge is -2.41. The molecule has 12 heteroatoms. The highest BCUT2D eigenvalue weighted by Gasteiger charge is 2.50. The summed E-state index contributed by atoms with van der Waals surface area (Å²) >= 11 is 0. The summed E-state index contributed by atoms with van der Waals surface area (Å²) in [5, 5.41) is 9.74. The molecule has 9 nitrogen and oxygen atoms in total. The molecule has 3 aromatic rings. The van der Waals surface area contributed by atoms with E-state index in [4.69, 9.17) is 4.52 Å². The SMILES string of the molecule is O=C(N[C@H]1CCN(C2CCCC2)C[C@@H]1C(=O)NC1(c2ncccn2)CC1)c1cc(-c2c(F)cc(F)cc2F)on1. The molecule has 1 aliphatic heterocycles. The smallest absolute Gasteiger partial charge is 0.273 e. The van der Waals surface area contributed by atoms with E-state index in [1.165, 1.54) is 0 Å². The maximum absolute atomic E-state index is 14.2. The number of nitrogens with one attached hydrogen (secondary N) is 2. The van der Waals surface area contributed by atoms with Crippen molar-refractivity contribution in [3.05, 3.63) is 65.6 Å². The number of halogens is 3. The first-order valence-corrected chi connectivity index (χ1v) is 13.6. The van der Waals surface area contributed by atoms with Crippen molar-refractivity contribution in [1.29, 1.82) is 0 Å². The average molecular weight is 555 g/mol. The fourth-order valence-corrected chi connectivity index (χ4v) is 5.94. The quantitative estimate of drug-likeness (QED) is 0.458. The number of benzene rings is 1. The van der Waals surface area contributed by atoms with Gasteiger partial charge in [0, 0.05) is 55.8 Å². The lowest BCUT2D eigenvalue weighted by atomic mass is 9.89. The van der Waals surface area contributed by atoms with Crippen LogP contribution in [0, 0.1) is 23.4 Å². The molecule has 6 rings (SSSR count). The first-order chi connectivity index (χ1) is 19.3. The van der Waals surface area contributed by atoms with Gasteiger partial charge in [-0.05, 0) is 38.2 Å². The van der Waals surface area contributed by atoms with E-state index in [9.17, 15) is 22.8 Å². The van der Waals surface area contributed by atoms with Crippen molar-refractivity contribution in [2.75, 3.05) is 13.1 Å². The van der Waals surface area contributed by atoms with Crippen molar-refractivity contribution < 1.29 is 27.3 Å². The predicted octanol–water partition coefficient (Wildman–Crippen LogP) is 3.72. The van der Waals surface area contributed by atoms with E-state index in [1.54, 1.807) is 18.5 Å². The number of piperidine rings is 1. The number of carbonyl (C=O) groups excluding carboxylic acids is 2. The second-order valence-electron chi connectivity index (χ2n) is 10.9. The molecule has 0 radical (unpaired) electrons. The lowest BCUT2D eigenvalue weighted by Crippen LogP contribution is -2.58. The van der Waals surface area contributed by atoms with E-state index in [0.717, 1.165) is 51.1 Å². The number of hydrogen-bond donors (Lipinski definition) is 2. The summed E-state index contributed by atoms with van der Waals surface area (Å²) in [5.74, 6) is -4.56. The van der Waals surface area contributed by atoms with Crippen LogP contribution >= 0.6 is 0 Å². The Bertz CT molecular complexity index is 1380. The van der Waals surface area contributed by atoms with Gasteiger partial charge in [0.15, 0.2) is 17.3 Å². The number of rotatable bonds is 7. The Kier molecular flexibility index (Phi) is 7.03. The fraction of sp³-hybridized carbons (Fsp3) is 0.464. The Balaban J connectivity index is 1.20. The molecular weight excluding hydrogens is 525 g/mol. The minimum absolute atomic E-state index is 0.186. The Hall–Kier alpha value is -3.80. The van der Waals surface area contributed by atoms with Gasteiger partial charge >= 0.3 is 0 Å². The third-order valence-electron chi connectivity index (χ3n) is 8.24. The zero-order valence-corrected chi connectivity index (χ0v) is 21.7. The number of likely N-dealkylation sites (tertiary alicyclic amines) is 1. The normalized spacial score (nSPS) is 22.7. The van der Waals surface area contributed by atoms with Crippen LogP contribution in [-0.4, -0.2) is 57.0 Å². The summed E-state index contributed by atoms with van der Waals surface area (Å²) in [4.78, 5) is 37.9. The minimum atomic E-state index is -1.17. The first kappa shape index (κ1) is 26.4. The van der Waals surface area contributed by atoms with Gasteiger partial charge in [0.05, 0.1) is 17.0 Å². The van der Waals surface area contributed by atoms with Crippen LogP contribution in [0.2, 0.25) is 0 Å². The summed E-state index contributed by atoms with van der Waals surface area (Å²) in [5.41, 5.74) is -1.42. The van der Waals surface area contributed by atoms with Crippen molar-refractivity contribution >= 4 is 11.8 Å². The molecule has 1 saturated heterocycles. The van der Waals surface area contributed by atoms with Crippen LogP contribution in [0.15, 0.2) is 41.2 Å². The molecular formula is C28H29F3N6O3. The van der Waals surface area contributed by atoms with Gasteiger partial charge < -0.3 is 15.2 Å². The molecule has 2 aliphatic carbocycles. The van der Waals surface area contributed by atoms with Crippen LogP contribution in [0.1, 0.15) is 61.3 Å². The van der Waals surface area contributed by atoms with E-state index in [2.05, 4.69) is 30.7 Å². The molecule has 1 aromatic carbocycles. The van der Waals surface area contributed by atoms with Crippen LogP contribution < -0.4 is 10.6 Å². The van der Waals surface area contributed by atoms with Crippen LogP contribution in [0.25, 0.3) is 11.3 Å². The number of amides is 2. The van der Waals surface area contributed by atoms with E-state index in [-0.39, 0.29) is 17.4 Å². The number of nitrogens with zero attached hydrogens (tertiary/aromatic N) is 4. The third-order valence-corrected chi connectivity index (χ3v) is 8.24. The fourth-order valence-electron chi connectivity index (χ4n) is 5.94. The lowest BCUT2D eigenvalue weighted by molar-refractivity contribution is -0.129. The second-order valence-corrected chi connectivity index (χ2v) is 10.9. The van der Waals surface area contributed by atoms with E-state index in [0.29, 0.717) is 37.0 Å². The second kappa shape index (κ2) is 10.6. The third kappa shape index (κ3) is 5.19. The Morgan fingerprint density at radius 3 is 2.38 bits per heavy atom. The highest BCUT2D eigenvalue weighted by atomic mass is 19.1. The summed E-state index contributed by atoms with van der Waals surface area (Å²) in [6.07, 6.45) is 9.81. The molecule has 2 N–H and O–H groups in total. The van der Waals surface area contributed by atoms with Gasteiger partial charge in [-0.3, -0.25) is 14.5 Å². The summed E-state index contributed by atoms with van der Waals surface area (Å²) in [6.45, 7) is 1.21. The van der Waals surface area contributed by atoms with Gasteiger partial charge in [0.25, 0.3) is 5.91 Å². The molecule has 0 unspecified atom stereocenters. The van der Waals surface area contributed by atoms with Gasteiger partial charge in [0.1, 0.15) is 17.5 Å². The van der Waals surface area contributed by atoms with Crippen molar-refractivity contribution in [3.8, 4) is 11.3 Å². The molecule has 2 atom stereocenters. The molecule has 2 aromatic heterocycles. The van der Waals surface area contributed by atoms with E-state index >= 15 is 0 Å². The first-order valence-electron chi connectivity index (χ1n) is 13.6. The van der Waals surface area contributed by atoms with E-state index in [1.807, 2.05) is 0 Å². The topological polar surface area (TPSA) is 113 Å². The largest absolute Gasteiger partial charge is 0.355 e. The maximum Gasteiger partial charge on any atom is 0.273 e. The van der Waals surface area contributed by atoms with Gasteiger partial charge in [0.2, 0.25) is 5.91 Å². The van der Waals surface area contributed by atoms with Crippen molar-refractivity contribution in [2.45, 2.75) is 62.6 Å². The zero-order valence-electron chi connectivity index (χ0n) is 21.7. The van der Waals surface area contributed by atoms with Gasteiger partial charge in [-0.1, -0.05) is 18.0 Å². The van der Waals surface area contributed by atoms with Gasteiger partial charge in [-0.2, -0.15) is 0 Å². The maximum atomic E-state index is 14.2. The highest BCUT2D eigenvalue weighted by molar-refractivity contribution is 5.94. The zero-order chi connectivity index (χ0) is 27.9. The molecule has 0 bridgehead atoms.